The van der Waals surface area contributed by atoms with E-state index < -0.39 is 12.6 Å². The van der Waals surface area contributed by atoms with Gasteiger partial charge < -0.3 is 23.6 Å². The maximum Gasteiger partial charge on any atom is 0.387 e. The molecule has 3 aromatic rings. The number of ether oxygens (including phenoxy) is 3. The van der Waals surface area contributed by atoms with Crippen molar-refractivity contribution in [2.24, 2.45) is 0 Å². The molecule has 0 saturated heterocycles. The molecular formula is C18H16ClF2N5O5. The minimum atomic E-state index is -2.99. The standard InChI is InChI=1S/C18H16ClF2N5O5/c1-26(14-6-5-13(19)23-24-14)8-16(27)29-9-15-22-17(25-31-15)10-3-4-11(30-18(20)21)12(7-10)28-2/h3-7,18H,8-9H2,1-2H3. The van der Waals surface area contributed by atoms with E-state index in [9.17, 15) is 13.6 Å². The number of hydrogen-bond acceptors (Lipinski definition) is 10. The van der Waals surface area contributed by atoms with Crippen LogP contribution >= 0.6 is 11.6 Å². The van der Waals surface area contributed by atoms with E-state index in [1.165, 1.54) is 30.2 Å². The zero-order valence-electron chi connectivity index (χ0n) is 16.3. The first-order valence-electron chi connectivity index (χ1n) is 8.67. The fourth-order valence-electron chi connectivity index (χ4n) is 2.41. The largest absolute Gasteiger partial charge is 0.493 e. The summed E-state index contributed by atoms with van der Waals surface area (Å²) in [4.78, 5) is 17.7. The Labute approximate surface area is 179 Å². The summed E-state index contributed by atoms with van der Waals surface area (Å²) in [6.45, 7) is -3.34. The van der Waals surface area contributed by atoms with Gasteiger partial charge in [-0.15, -0.1) is 10.2 Å². The van der Waals surface area contributed by atoms with Crippen LogP contribution in [0.25, 0.3) is 11.4 Å². The Hall–Kier alpha value is -3.54. The maximum absolute atomic E-state index is 12.4. The SMILES string of the molecule is COc1cc(-c2noc(COC(=O)CN(C)c3ccc(Cl)nn3)n2)ccc1OC(F)F. The summed E-state index contributed by atoms with van der Waals surface area (Å²) in [5.74, 6) is 0.0202. The molecule has 0 spiro atoms. The molecule has 0 fully saturated rings. The van der Waals surface area contributed by atoms with Crippen LogP contribution in [0.1, 0.15) is 5.89 Å². The predicted octanol–water partition coefficient (Wildman–Crippen LogP) is 2.97. The van der Waals surface area contributed by atoms with Crippen LogP contribution in [-0.4, -0.2) is 53.6 Å². The molecule has 0 aliphatic carbocycles. The molecule has 0 unspecified atom stereocenters. The number of carbonyl (C=O) groups is 1. The lowest BCUT2D eigenvalue weighted by atomic mass is 10.2. The first-order chi connectivity index (χ1) is 14.9. The van der Waals surface area contributed by atoms with Crippen LogP contribution in [0.3, 0.4) is 0 Å². The van der Waals surface area contributed by atoms with Gasteiger partial charge >= 0.3 is 12.6 Å². The van der Waals surface area contributed by atoms with E-state index in [0.717, 1.165) is 0 Å². The van der Waals surface area contributed by atoms with E-state index >= 15 is 0 Å². The number of aromatic nitrogens is 4. The van der Waals surface area contributed by atoms with Gasteiger partial charge in [0.1, 0.15) is 6.54 Å². The van der Waals surface area contributed by atoms with Gasteiger partial charge in [-0.25, -0.2) is 0 Å². The van der Waals surface area contributed by atoms with E-state index in [4.69, 9.17) is 25.6 Å². The lowest BCUT2D eigenvalue weighted by molar-refractivity contribution is -0.144. The number of rotatable bonds is 9. The maximum atomic E-state index is 12.4. The topological polar surface area (TPSA) is 113 Å². The molecule has 2 aromatic heterocycles. The average Bonchev–Trinajstić information content (AvgIpc) is 3.21. The highest BCUT2D eigenvalue weighted by atomic mass is 35.5. The van der Waals surface area contributed by atoms with Crippen LogP contribution in [0.4, 0.5) is 14.6 Å². The third-order valence-electron chi connectivity index (χ3n) is 3.84. The van der Waals surface area contributed by atoms with Crippen molar-refractivity contribution >= 4 is 23.4 Å². The number of anilines is 1. The van der Waals surface area contributed by atoms with Crippen LogP contribution in [0, 0.1) is 0 Å². The number of esters is 1. The summed E-state index contributed by atoms with van der Waals surface area (Å²) < 4.78 is 44.5. The summed E-state index contributed by atoms with van der Waals surface area (Å²) in [6, 6.07) is 7.33. The molecule has 0 saturated carbocycles. The van der Waals surface area contributed by atoms with Crippen LogP contribution in [0.5, 0.6) is 11.5 Å². The minimum Gasteiger partial charge on any atom is -0.493 e. The number of halogens is 3. The normalized spacial score (nSPS) is 10.8. The van der Waals surface area contributed by atoms with E-state index in [1.54, 1.807) is 19.2 Å². The number of likely N-dealkylation sites (N-methyl/N-ethyl adjacent to an activating group) is 1. The second-order valence-electron chi connectivity index (χ2n) is 5.99. The molecule has 0 N–H and O–H groups in total. The van der Waals surface area contributed by atoms with Crippen LogP contribution in [-0.2, 0) is 16.1 Å². The third kappa shape index (κ3) is 5.98. The Morgan fingerprint density at radius 2 is 2.03 bits per heavy atom. The van der Waals surface area contributed by atoms with Gasteiger partial charge in [0.2, 0.25) is 5.82 Å². The van der Waals surface area contributed by atoms with E-state index in [-0.39, 0.29) is 41.5 Å². The van der Waals surface area contributed by atoms with Gasteiger partial charge in [0.05, 0.1) is 7.11 Å². The molecule has 0 radical (unpaired) electrons. The van der Waals surface area contributed by atoms with Crippen molar-refractivity contribution in [3.05, 3.63) is 41.4 Å². The van der Waals surface area contributed by atoms with E-state index in [1.807, 2.05) is 0 Å². The highest BCUT2D eigenvalue weighted by Crippen LogP contribution is 2.32. The number of carbonyl (C=O) groups excluding carboxylic acids is 1. The van der Waals surface area contributed by atoms with Crippen molar-refractivity contribution in [1.82, 2.24) is 20.3 Å². The fourth-order valence-corrected chi connectivity index (χ4v) is 2.51. The van der Waals surface area contributed by atoms with Crippen molar-refractivity contribution in [1.29, 1.82) is 0 Å². The van der Waals surface area contributed by atoms with Gasteiger partial charge in [-0.3, -0.25) is 4.79 Å². The molecule has 1 aromatic carbocycles. The number of hydrogen-bond donors (Lipinski definition) is 0. The van der Waals surface area contributed by atoms with Gasteiger partial charge in [-0.05, 0) is 30.3 Å². The summed E-state index contributed by atoms with van der Waals surface area (Å²) in [5.41, 5.74) is 0.431. The van der Waals surface area contributed by atoms with Gasteiger partial charge in [-0.1, -0.05) is 16.8 Å². The molecule has 10 nitrogen and oxygen atoms in total. The molecule has 0 aliphatic rings. The summed E-state index contributed by atoms with van der Waals surface area (Å²) in [5, 5.41) is 11.6. The van der Waals surface area contributed by atoms with Crippen LogP contribution in [0.15, 0.2) is 34.9 Å². The van der Waals surface area contributed by atoms with Gasteiger partial charge in [0.15, 0.2) is 29.1 Å². The Bertz CT molecular complexity index is 1030. The second-order valence-corrected chi connectivity index (χ2v) is 6.37. The van der Waals surface area contributed by atoms with Crippen LogP contribution < -0.4 is 14.4 Å². The third-order valence-corrected chi connectivity index (χ3v) is 4.04. The predicted molar refractivity (Wildman–Crippen MR) is 103 cm³/mol. The lowest BCUT2D eigenvalue weighted by Gasteiger charge is -2.15. The smallest absolute Gasteiger partial charge is 0.387 e. The molecule has 0 atom stereocenters. The van der Waals surface area contributed by atoms with E-state index in [2.05, 4.69) is 25.1 Å². The first-order valence-corrected chi connectivity index (χ1v) is 9.05. The number of alkyl halides is 2. The van der Waals surface area contributed by atoms with Crippen molar-refractivity contribution in [3.8, 4) is 22.9 Å². The van der Waals surface area contributed by atoms with Gasteiger partial charge in [0, 0.05) is 12.6 Å². The Kier molecular flexibility index (Phi) is 7.13. The Balaban J connectivity index is 1.58. The number of nitrogens with zero attached hydrogens (tertiary/aromatic N) is 5. The zero-order chi connectivity index (χ0) is 22.4. The molecule has 0 aliphatic heterocycles. The number of methoxy groups -OCH3 is 1. The molecule has 2 heterocycles. The van der Waals surface area contributed by atoms with Crippen molar-refractivity contribution in [2.75, 3.05) is 25.6 Å². The van der Waals surface area contributed by atoms with Crippen molar-refractivity contribution < 1.29 is 32.3 Å². The molecule has 0 amide bonds. The molecular weight excluding hydrogens is 440 g/mol. The average molecular weight is 456 g/mol. The highest BCUT2D eigenvalue weighted by molar-refractivity contribution is 6.29. The fraction of sp³-hybridized carbons (Fsp3) is 0.278. The van der Waals surface area contributed by atoms with Gasteiger partial charge in [-0.2, -0.15) is 13.8 Å². The first kappa shape index (κ1) is 22.2. The minimum absolute atomic E-state index is 0.0455. The molecule has 0 bridgehead atoms. The van der Waals surface area contributed by atoms with E-state index in [0.29, 0.717) is 11.4 Å². The quantitative estimate of drug-likeness (QED) is 0.446. The molecule has 31 heavy (non-hydrogen) atoms. The van der Waals surface area contributed by atoms with Gasteiger partial charge in [0.25, 0.3) is 5.89 Å². The Morgan fingerprint density at radius 1 is 1.23 bits per heavy atom. The molecule has 13 heteroatoms. The molecule has 3 rings (SSSR count). The summed E-state index contributed by atoms with van der Waals surface area (Å²) in [7, 11) is 2.95. The summed E-state index contributed by atoms with van der Waals surface area (Å²) in [6.07, 6.45) is 0. The summed E-state index contributed by atoms with van der Waals surface area (Å²) >= 11 is 5.68. The Morgan fingerprint density at radius 3 is 2.71 bits per heavy atom. The molecule has 164 valence electrons. The monoisotopic (exact) mass is 455 g/mol. The van der Waals surface area contributed by atoms with Crippen molar-refractivity contribution in [3.63, 3.8) is 0 Å². The van der Waals surface area contributed by atoms with Crippen molar-refractivity contribution in [2.45, 2.75) is 13.2 Å². The van der Waals surface area contributed by atoms with Crippen LogP contribution in [0.2, 0.25) is 5.15 Å². The number of benzene rings is 1. The zero-order valence-corrected chi connectivity index (χ0v) is 17.0. The highest BCUT2D eigenvalue weighted by Gasteiger charge is 2.16. The lowest BCUT2D eigenvalue weighted by Crippen LogP contribution is -2.27. The second kappa shape index (κ2) is 9.98.